The maximum absolute atomic E-state index is 5.81. The quantitative estimate of drug-likeness (QED) is 0.686. The Labute approximate surface area is 75.1 Å². The van der Waals surface area contributed by atoms with Gasteiger partial charge in [-0.1, -0.05) is 0 Å². The van der Waals surface area contributed by atoms with Crippen molar-refractivity contribution in [2.24, 2.45) is 11.1 Å². The summed E-state index contributed by atoms with van der Waals surface area (Å²) in [6.45, 7) is 5.88. The van der Waals surface area contributed by atoms with Crippen molar-refractivity contribution in [1.29, 1.82) is 0 Å². The summed E-state index contributed by atoms with van der Waals surface area (Å²) in [5.41, 5.74) is 6.33. The van der Waals surface area contributed by atoms with Crippen LogP contribution in [0.5, 0.6) is 0 Å². The van der Waals surface area contributed by atoms with E-state index < -0.39 is 0 Å². The van der Waals surface area contributed by atoms with Crippen molar-refractivity contribution < 1.29 is 0 Å². The third-order valence-corrected chi connectivity index (χ3v) is 3.87. The van der Waals surface area contributed by atoms with Crippen molar-refractivity contribution in [2.45, 2.75) is 38.6 Å². The van der Waals surface area contributed by atoms with E-state index >= 15 is 0 Å². The number of hydrogen-bond acceptors (Lipinski definition) is 2. The van der Waals surface area contributed by atoms with Gasteiger partial charge in [-0.3, -0.25) is 0 Å². The summed E-state index contributed by atoms with van der Waals surface area (Å²) >= 11 is 0. The maximum atomic E-state index is 5.81. The minimum Gasteiger partial charge on any atom is -0.330 e. The van der Waals surface area contributed by atoms with Gasteiger partial charge in [0.05, 0.1) is 0 Å². The average Bonchev–Trinajstić information content (AvgIpc) is 2.71. The van der Waals surface area contributed by atoms with Gasteiger partial charge in [0.25, 0.3) is 0 Å². The molecule has 2 heteroatoms. The molecular weight excluding hydrogens is 148 g/mol. The van der Waals surface area contributed by atoms with Gasteiger partial charge in [-0.2, -0.15) is 0 Å². The monoisotopic (exact) mass is 168 g/mol. The fourth-order valence-corrected chi connectivity index (χ4v) is 2.47. The topological polar surface area (TPSA) is 29.3 Å². The predicted octanol–water partition coefficient (Wildman–Crippen LogP) is 1.21. The van der Waals surface area contributed by atoms with Crippen LogP contribution in [0, 0.1) is 5.41 Å². The molecular formula is C10H20N2. The molecule has 0 aromatic heterocycles. The second-order valence-electron chi connectivity index (χ2n) is 4.49. The van der Waals surface area contributed by atoms with Crippen LogP contribution in [0.4, 0.5) is 0 Å². The Morgan fingerprint density at radius 2 is 1.92 bits per heavy atom. The largest absolute Gasteiger partial charge is 0.330 e. The van der Waals surface area contributed by atoms with E-state index in [9.17, 15) is 0 Å². The number of likely N-dealkylation sites (tertiary alicyclic amines) is 1. The van der Waals surface area contributed by atoms with Gasteiger partial charge in [0.2, 0.25) is 0 Å². The summed E-state index contributed by atoms with van der Waals surface area (Å²) in [6.07, 6.45) is 5.51. The molecule has 0 radical (unpaired) electrons. The molecule has 2 nitrogen and oxygen atoms in total. The summed E-state index contributed by atoms with van der Waals surface area (Å²) in [7, 11) is 0. The predicted molar refractivity (Wildman–Crippen MR) is 51.0 cm³/mol. The van der Waals surface area contributed by atoms with E-state index in [1.807, 2.05) is 0 Å². The van der Waals surface area contributed by atoms with E-state index in [1.165, 1.54) is 38.8 Å². The molecule has 1 atom stereocenters. The summed E-state index contributed by atoms with van der Waals surface area (Å²) in [4.78, 5) is 2.62. The molecule has 70 valence electrons. The number of nitrogens with two attached hydrogens (primary N) is 1. The molecule has 1 saturated heterocycles. The van der Waals surface area contributed by atoms with E-state index in [0.717, 1.165) is 12.6 Å². The van der Waals surface area contributed by atoms with E-state index in [1.54, 1.807) is 0 Å². The third-order valence-electron chi connectivity index (χ3n) is 3.87. The van der Waals surface area contributed by atoms with E-state index in [4.69, 9.17) is 5.73 Å². The van der Waals surface area contributed by atoms with Crippen molar-refractivity contribution in [1.82, 2.24) is 4.90 Å². The summed E-state index contributed by atoms with van der Waals surface area (Å²) < 4.78 is 0. The van der Waals surface area contributed by atoms with Gasteiger partial charge in [-0.25, -0.2) is 0 Å². The molecule has 0 amide bonds. The van der Waals surface area contributed by atoms with Crippen LogP contribution in [0.15, 0.2) is 0 Å². The van der Waals surface area contributed by atoms with Crippen LogP contribution in [0.2, 0.25) is 0 Å². The molecule has 2 fully saturated rings. The molecule has 12 heavy (non-hydrogen) atoms. The smallest absolute Gasteiger partial charge is 0.0135 e. The second-order valence-corrected chi connectivity index (χ2v) is 4.49. The SMILES string of the molecule is CC(N1CCCC1)C1(CN)CC1. The number of hydrogen-bond donors (Lipinski definition) is 1. The van der Waals surface area contributed by atoms with Gasteiger partial charge in [-0.15, -0.1) is 0 Å². The average molecular weight is 168 g/mol. The fourth-order valence-electron chi connectivity index (χ4n) is 2.47. The molecule has 1 aliphatic heterocycles. The zero-order valence-electron chi connectivity index (χ0n) is 8.05. The Kier molecular flexibility index (Phi) is 2.13. The minimum atomic E-state index is 0.518. The first-order valence-electron chi connectivity index (χ1n) is 5.23. The molecule has 1 heterocycles. The van der Waals surface area contributed by atoms with Crippen molar-refractivity contribution in [3.63, 3.8) is 0 Å². The first-order valence-corrected chi connectivity index (χ1v) is 5.23. The Balaban J connectivity index is 1.94. The molecule has 2 rings (SSSR count). The first-order chi connectivity index (χ1) is 5.78. The lowest BCUT2D eigenvalue weighted by Gasteiger charge is -2.30. The van der Waals surface area contributed by atoms with Crippen LogP contribution in [0.3, 0.4) is 0 Å². The minimum absolute atomic E-state index is 0.518. The molecule has 2 aliphatic rings. The van der Waals surface area contributed by atoms with Gasteiger partial charge in [0, 0.05) is 6.04 Å². The number of nitrogens with zero attached hydrogens (tertiary/aromatic N) is 1. The molecule has 0 aromatic rings. The van der Waals surface area contributed by atoms with Crippen LogP contribution >= 0.6 is 0 Å². The van der Waals surface area contributed by atoms with Gasteiger partial charge in [0.1, 0.15) is 0 Å². The summed E-state index contributed by atoms with van der Waals surface area (Å²) in [5.74, 6) is 0. The lowest BCUT2D eigenvalue weighted by Crippen LogP contribution is -2.41. The highest BCUT2D eigenvalue weighted by Gasteiger charge is 2.48. The van der Waals surface area contributed by atoms with E-state index in [-0.39, 0.29) is 0 Å². The van der Waals surface area contributed by atoms with Crippen molar-refractivity contribution in [2.75, 3.05) is 19.6 Å². The molecule has 0 spiro atoms. The van der Waals surface area contributed by atoms with Gasteiger partial charge in [-0.05, 0) is 57.7 Å². The standard InChI is InChI=1S/C10H20N2/c1-9(10(8-11)4-5-10)12-6-2-3-7-12/h9H,2-8,11H2,1H3. The molecule has 2 N–H and O–H groups in total. The zero-order valence-corrected chi connectivity index (χ0v) is 8.05. The van der Waals surface area contributed by atoms with Crippen molar-refractivity contribution >= 4 is 0 Å². The van der Waals surface area contributed by atoms with E-state index in [0.29, 0.717) is 5.41 Å². The van der Waals surface area contributed by atoms with Crippen LogP contribution in [-0.2, 0) is 0 Å². The zero-order chi connectivity index (χ0) is 8.60. The summed E-state index contributed by atoms with van der Waals surface area (Å²) in [6, 6.07) is 0.741. The lowest BCUT2D eigenvalue weighted by atomic mass is 9.97. The maximum Gasteiger partial charge on any atom is 0.0135 e. The molecule has 0 bridgehead atoms. The van der Waals surface area contributed by atoms with Gasteiger partial charge < -0.3 is 10.6 Å². The van der Waals surface area contributed by atoms with Gasteiger partial charge in [0.15, 0.2) is 0 Å². The molecule has 1 aliphatic carbocycles. The Bertz CT molecular complexity index is 157. The summed E-state index contributed by atoms with van der Waals surface area (Å²) in [5, 5.41) is 0. The van der Waals surface area contributed by atoms with Crippen molar-refractivity contribution in [3.8, 4) is 0 Å². The highest BCUT2D eigenvalue weighted by Crippen LogP contribution is 2.49. The Morgan fingerprint density at radius 3 is 2.33 bits per heavy atom. The van der Waals surface area contributed by atoms with Crippen LogP contribution in [0.1, 0.15) is 32.6 Å². The molecule has 0 aromatic carbocycles. The third kappa shape index (κ3) is 1.27. The van der Waals surface area contributed by atoms with Crippen LogP contribution < -0.4 is 5.73 Å². The Hall–Kier alpha value is -0.0800. The lowest BCUT2D eigenvalue weighted by molar-refractivity contribution is 0.178. The van der Waals surface area contributed by atoms with E-state index in [2.05, 4.69) is 11.8 Å². The fraction of sp³-hybridized carbons (Fsp3) is 1.00. The van der Waals surface area contributed by atoms with Crippen LogP contribution in [-0.4, -0.2) is 30.6 Å². The first kappa shape index (κ1) is 8.52. The van der Waals surface area contributed by atoms with Crippen LogP contribution in [0.25, 0.3) is 0 Å². The number of rotatable bonds is 3. The van der Waals surface area contributed by atoms with Gasteiger partial charge >= 0.3 is 0 Å². The highest BCUT2D eigenvalue weighted by atomic mass is 15.2. The highest BCUT2D eigenvalue weighted by molar-refractivity contribution is 5.02. The Morgan fingerprint density at radius 1 is 1.33 bits per heavy atom. The normalized spacial score (nSPS) is 30.5. The molecule has 1 unspecified atom stereocenters. The molecule has 1 saturated carbocycles. The second kappa shape index (κ2) is 3.00. The van der Waals surface area contributed by atoms with Crippen molar-refractivity contribution in [3.05, 3.63) is 0 Å².